The molecule has 1 aliphatic heterocycles. The van der Waals surface area contributed by atoms with Crippen LogP contribution in [0.2, 0.25) is 0 Å². The Morgan fingerprint density at radius 1 is 1.48 bits per heavy atom. The van der Waals surface area contributed by atoms with Gasteiger partial charge in [-0.15, -0.1) is 11.3 Å². The van der Waals surface area contributed by atoms with Crippen LogP contribution in [0.3, 0.4) is 0 Å². The van der Waals surface area contributed by atoms with Crippen LogP contribution in [-0.2, 0) is 0 Å². The number of urea groups is 2. The Balaban J connectivity index is 2.06. The number of aliphatic imine (C=N–C) groups is 1. The topological polar surface area (TPSA) is 142 Å². The van der Waals surface area contributed by atoms with Gasteiger partial charge in [-0.05, 0) is 12.5 Å². The average molecular weight is 384 g/mol. The molecule has 136 valence electrons. The normalized spacial score (nSPS) is 19.2. The molecule has 11 heteroatoms. The SMILES string of the molecule is CC1=NC(=O)N(C(=O)Nc2nccs2)C(c2cccc([N+](=O)[O-])c2)C1C#N. The number of anilines is 1. The lowest BCUT2D eigenvalue weighted by Crippen LogP contribution is -2.48. The van der Waals surface area contributed by atoms with E-state index in [2.05, 4.69) is 15.3 Å². The minimum atomic E-state index is -1.06. The Hall–Kier alpha value is -3.65. The summed E-state index contributed by atoms with van der Waals surface area (Å²) in [6.45, 7) is 1.51. The van der Waals surface area contributed by atoms with Crippen LogP contribution in [0.25, 0.3) is 0 Å². The minimum absolute atomic E-state index is 0.211. The molecule has 1 N–H and O–H groups in total. The maximum atomic E-state index is 12.7. The Labute approximate surface area is 156 Å². The van der Waals surface area contributed by atoms with Gasteiger partial charge in [0.2, 0.25) is 0 Å². The lowest BCUT2D eigenvalue weighted by Gasteiger charge is -2.34. The van der Waals surface area contributed by atoms with Crippen molar-refractivity contribution in [3.63, 3.8) is 0 Å². The molecular formula is C16H12N6O4S. The van der Waals surface area contributed by atoms with E-state index in [4.69, 9.17) is 0 Å². The number of rotatable bonds is 3. The number of non-ortho nitro benzene ring substituents is 1. The maximum Gasteiger partial charge on any atom is 0.352 e. The van der Waals surface area contributed by atoms with Gasteiger partial charge in [0.1, 0.15) is 5.92 Å². The van der Waals surface area contributed by atoms with Crippen LogP contribution in [0.5, 0.6) is 0 Å². The van der Waals surface area contributed by atoms with Gasteiger partial charge in [0, 0.05) is 29.4 Å². The number of nitrogens with zero attached hydrogens (tertiary/aromatic N) is 5. The van der Waals surface area contributed by atoms with Crippen molar-refractivity contribution in [1.82, 2.24) is 9.88 Å². The third-order valence-electron chi connectivity index (χ3n) is 3.95. The zero-order valence-corrected chi connectivity index (χ0v) is 14.7. The summed E-state index contributed by atoms with van der Waals surface area (Å²) in [5.41, 5.74) is 0.307. The molecule has 0 saturated carbocycles. The molecule has 0 saturated heterocycles. The first kappa shape index (κ1) is 18.2. The van der Waals surface area contributed by atoms with E-state index in [1.165, 1.54) is 37.4 Å². The van der Waals surface area contributed by atoms with Crippen molar-refractivity contribution in [1.29, 1.82) is 5.26 Å². The second-order valence-corrected chi connectivity index (χ2v) is 6.47. The highest BCUT2D eigenvalue weighted by Gasteiger charge is 2.42. The van der Waals surface area contributed by atoms with Gasteiger partial charge in [-0.25, -0.2) is 24.5 Å². The molecule has 2 atom stereocenters. The van der Waals surface area contributed by atoms with E-state index >= 15 is 0 Å². The van der Waals surface area contributed by atoms with E-state index in [9.17, 15) is 25.0 Å². The largest absolute Gasteiger partial charge is 0.352 e. The van der Waals surface area contributed by atoms with Gasteiger partial charge in [0.15, 0.2) is 5.13 Å². The molecule has 27 heavy (non-hydrogen) atoms. The average Bonchev–Trinajstić information content (AvgIpc) is 3.14. The number of amides is 4. The molecule has 0 radical (unpaired) electrons. The molecule has 4 amide bonds. The molecule has 1 aromatic carbocycles. The van der Waals surface area contributed by atoms with Crippen LogP contribution in [-0.4, -0.2) is 32.6 Å². The molecular weight excluding hydrogens is 372 g/mol. The summed E-state index contributed by atoms with van der Waals surface area (Å²) >= 11 is 1.16. The van der Waals surface area contributed by atoms with Gasteiger partial charge < -0.3 is 0 Å². The van der Waals surface area contributed by atoms with E-state index in [1.54, 1.807) is 5.38 Å². The number of thiazole rings is 1. The molecule has 1 aromatic heterocycles. The summed E-state index contributed by atoms with van der Waals surface area (Å²) < 4.78 is 0. The first-order valence-electron chi connectivity index (χ1n) is 7.65. The summed E-state index contributed by atoms with van der Waals surface area (Å²) in [5, 5.41) is 25.1. The van der Waals surface area contributed by atoms with Gasteiger partial charge in [-0.2, -0.15) is 5.26 Å². The Kier molecular flexibility index (Phi) is 4.91. The number of benzene rings is 1. The minimum Gasteiger partial charge on any atom is -0.283 e. The van der Waals surface area contributed by atoms with Crippen molar-refractivity contribution in [2.75, 3.05) is 5.32 Å². The van der Waals surface area contributed by atoms with Crippen molar-refractivity contribution in [2.24, 2.45) is 10.9 Å². The van der Waals surface area contributed by atoms with Crippen molar-refractivity contribution >= 4 is 39.9 Å². The summed E-state index contributed by atoms with van der Waals surface area (Å²) in [4.78, 5) is 44.1. The molecule has 2 aromatic rings. The van der Waals surface area contributed by atoms with Gasteiger partial charge in [0.25, 0.3) is 5.69 Å². The molecule has 2 unspecified atom stereocenters. The van der Waals surface area contributed by atoms with Crippen LogP contribution in [0, 0.1) is 27.4 Å². The fourth-order valence-corrected chi connectivity index (χ4v) is 3.27. The van der Waals surface area contributed by atoms with E-state index in [0.29, 0.717) is 0 Å². The molecule has 3 rings (SSSR count). The van der Waals surface area contributed by atoms with E-state index in [-0.39, 0.29) is 22.1 Å². The molecule has 0 aliphatic carbocycles. The molecule has 1 aliphatic rings. The molecule has 0 fully saturated rings. The van der Waals surface area contributed by atoms with Crippen molar-refractivity contribution < 1.29 is 14.5 Å². The van der Waals surface area contributed by atoms with E-state index in [0.717, 1.165) is 16.2 Å². The van der Waals surface area contributed by atoms with E-state index in [1.807, 2.05) is 6.07 Å². The number of carbonyl (C=O) groups excluding carboxylic acids is 2. The highest BCUT2D eigenvalue weighted by Crippen LogP contribution is 2.35. The fourth-order valence-electron chi connectivity index (χ4n) is 2.75. The van der Waals surface area contributed by atoms with Crippen molar-refractivity contribution in [3.8, 4) is 6.07 Å². The van der Waals surface area contributed by atoms with Crippen LogP contribution in [0.15, 0.2) is 40.8 Å². The predicted octanol–water partition coefficient (Wildman–Crippen LogP) is 3.36. The lowest BCUT2D eigenvalue weighted by atomic mass is 9.88. The van der Waals surface area contributed by atoms with Gasteiger partial charge >= 0.3 is 12.1 Å². The second-order valence-electron chi connectivity index (χ2n) is 5.58. The van der Waals surface area contributed by atoms with Crippen molar-refractivity contribution in [2.45, 2.75) is 13.0 Å². The standard InChI is InChI=1S/C16H12N6O4S/c1-9-12(8-17)13(10-3-2-4-11(7-10)22(25)26)21(15(23)19-9)16(24)20-14-18-5-6-27-14/h2-7,12-13H,1H3,(H,18,20,24). The van der Waals surface area contributed by atoms with Crippen molar-refractivity contribution in [3.05, 3.63) is 51.5 Å². The number of nitro benzene ring substituents is 1. The Bertz CT molecular complexity index is 981. The van der Waals surface area contributed by atoms with Crippen LogP contribution < -0.4 is 5.32 Å². The second kappa shape index (κ2) is 7.30. The zero-order chi connectivity index (χ0) is 19.6. The summed E-state index contributed by atoms with van der Waals surface area (Å²) in [6.07, 6.45) is 1.48. The number of hydrogen-bond acceptors (Lipinski definition) is 7. The summed E-state index contributed by atoms with van der Waals surface area (Å²) in [7, 11) is 0. The number of nitro groups is 1. The third kappa shape index (κ3) is 3.51. The molecule has 0 bridgehead atoms. The third-order valence-corrected chi connectivity index (χ3v) is 4.64. The molecule has 0 spiro atoms. The van der Waals surface area contributed by atoms with Gasteiger partial charge in [-0.3, -0.25) is 15.4 Å². The Morgan fingerprint density at radius 2 is 2.26 bits per heavy atom. The first-order valence-corrected chi connectivity index (χ1v) is 8.53. The smallest absolute Gasteiger partial charge is 0.283 e. The summed E-state index contributed by atoms with van der Waals surface area (Å²) in [6, 6.07) is 4.79. The number of nitrogens with one attached hydrogen (secondary N) is 1. The van der Waals surface area contributed by atoms with Gasteiger partial charge in [-0.1, -0.05) is 12.1 Å². The quantitative estimate of drug-likeness (QED) is 0.635. The summed E-state index contributed by atoms with van der Waals surface area (Å²) in [5.74, 6) is -0.938. The lowest BCUT2D eigenvalue weighted by molar-refractivity contribution is -0.385. The number of imide groups is 1. The van der Waals surface area contributed by atoms with Crippen LogP contribution >= 0.6 is 11.3 Å². The zero-order valence-electron chi connectivity index (χ0n) is 13.9. The molecule has 2 heterocycles. The molecule has 10 nitrogen and oxygen atoms in total. The number of nitriles is 1. The van der Waals surface area contributed by atoms with Crippen LogP contribution in [0.1, 0.15) is 18.5 Å². The number of carbonyl (C=O) groups is 2. The van der Waals surface area contributed by atoms with Gasteiger partial charge in [0.05, 0.1) is 17.0 Å². The fraction of sp³-hybridized carbons (Fsp3) is 0.188. The number of aromatic nitrogens is 1. The first-order chi connectivity index (χ1) is 12.9. The maximum absolute atomic E-state index is 12.7. The number of hydrogen-bond donors (Lipinski definition) is 1. The Morgan fingerprint density at radius 3 is 2.89 bits per heavy atom. The predicted molar refractivity (Wildman–Crippen MR) is 96.4 cm³/mol. The highest BCUT2D eigenvalue weighted by molar-refractivity contribution is 7.13. The monoisotopic (exact) mass is 384 g/mol. The highest BCUT2D eigenvalue weighted by atomic mass is 32.1. The van der Waals surface area contributed by atoms with Crippen LogP contribution in [0.4, 0.5) is 20.4 Å². The van der Waals surface area contributed by atoms with E-state index < -0.39 is 28.9 Å².